The Morgan fingerprint density at radius 3 is 2.70 bits per heavy atom. The zero-order valence-corrected chi connectivity index (χ0v) is 12.6. The number of amides is 2. The lowest BCUT2D eigenvalue weighted by Crippen LogP contribution is -2.42. The molecule has 1 aromatic heterocycles. The number of sulfone groups is 1. The van der Waals surface area contributed by atoms with Crippen molar-refractivity contribution in [3.63, 3.8) is 0 Å². The number of hydrogen-bond donors (Lipinski definition) is 2. The SMILES string of the molecule is Cc1ccsc1C(=O)NNC(=O)C[C@@H]1CCS(=O)(=O)C1. The van der Waals surface area contributed by atoms with Crippen LogP contribution in [0.4, 0.5) is 0 Å². The predicted octanol–water partition coefficient (Wildman–Crippen LogP) is 0.642. The van der Waals surface area contributed by atoms with Gasteiger partial charge in [-0.1, -0.05) is 0 Å². The van der Waals surface area contributed by atoms with Crippen LogP contribution in [0, 0.1) is 12.8 Å². The molecular formula is C12H16N2O4S2. The summed E-state index contributed by atoms with van der Waals surface area (Å²) >= 11 is 1.30. The maximum Gasteiger partial charge on any atom is 0.280 e. The number of carbonyl (C=O) groups excluding carboxylic acids is 2. The van der Waals surface area contributed by atoms with Crippen LogP contribution in [-0.4, -0.2) is 31.7 Å². The second-order valence-electron chi connectivity index (χ2n) is 4.91. The minimum absolute atomic E-state index is 0.0540. The Labute approximate surface area is 121 Å². The van der Waals surface area contributed by atoms with E-state index in [2.05, 4.69) is 10.9 Å². The summed E-state index contributed by atoms with van der Waals surface area (Å²) in [7, 11) is -2.98. The van der Waals surface area contributed by atoms with E-state index in [9.17, 15) is 18.0 Å². The van der Waals surface area contributed by atoms with Gasteiger partial charge in [0, 0.05) is 6.42 Å². The molecule has 0 saturated carbocycles. The smallest absolute Gasteiger partial charge is 0.273 e. The van der Waals surface area contributed by atoms with Crippen LogP contribution in [0.25, 0.3) is 0 Å². The molecule has 2 heterocycles. The van der Waals surface area contributed by atoms with Crippen molar-refractivity contribution in [2.45, 2.75) is 19.8 Å². The Kier molecular flexibility index (Phi) is 4.44. The summed E-state index contributed by atoms with van der Waals surface area (Å²) in [6.07, 6.45) is 0.622. The predicted molar refractivity (Wildman–Crippen MR) is 76.0 cm³/mol. The highest BCUT2D eigenvalue weighted by atomic mass is 32.2. The van der Waals surface area contributed by atoms with Crippen molar-refractivity contribution >= 4 is 33.0 Å². The Hall–Kier alpha value is -1.41. The third-order valence-corrected chi connectivity index (χ3v) is 6.04. The van der Waals surface area contributed by atoms with Crippen LogP contribution < -0.4 is 10.9 Å². The topological polar surface area (TPSA) is 92.3 Å². The van der Waals surface area contributed by atoms with Crippen molar-refractivity contribution < 1.29 is 18.0 Å². The van der Waals surface area contributed by atoms with Gasteiger partial charge in [0.25, 0.3) is 5.91 Å². The number of nitrogens with one attached hydrogen (secondary N) is 2. The summed E-state index contributed by atoms with van der Waals surface area (Å²) < 4.78 is 22.6. The Bertz CT molecular complexity index is 621. The molecule has 110 valence electrons. The van der Waals surface area contributed by atoms with Crippen molar-refractivity contribution in [3.05, 3.63) is 21.9 Å². The molecule has 6 nitrogen and oxygen atoms in total. The number of carbonyl (C=O) groups is 2. The first-order chi connectivity index (χ1) is 9.37. The van der Waals surface area contributed by atoms with E-state index in [4.69, 9.17) is 0 Å². The average molecular weight is 316 g/mol. The minimum atomic E-state index is -2.98. The lowest BCUT2D eigenvalue weighted by molar-refractivity contribution is -0.122. The van der Waals surface area contributed by atoms with Crippen molar-refractivity contribution in [2.24, 2.45) is 5.92 Å². The molecule has 0 aliphatic carbocycles. The average Bonchev–Trinajstić information content (AvgIpc) is 2.92. The molecule has 1 atom stereocenters. The van der Waals surface area contributed by atoms with E-state index >= 15 is 0 Å². The van der Waals surface area contributed by atoms with E-state index in [1.165, 1.54) is 11.3 Å². The quantitative estimate of drug-likeness (QED) is 0.801. The van der Waals surface area contributed by atoms with Gasteiger partial charge >= 0.3 is 0 Å². The zero-order valence-electron chi connectivity index (χ0n) is 11.0. The molecule has 0 spiro atoms. The number of rotatable bonds is 3. The molecule has 1 aromatic rings. The van der Waals surface area contributed by atoms with Crippen LogP contribution >= 0.6 is 11.3 Å². The highest BCUT2D eigenvalue weighted by Crippen LogP contribution is 2.21. The van der Waals surface area contributed by atoms with E-state index in [0.717, 1.165) is 5.56 Å². The van der Waals surface area contributed by atoms with Gasteiger partial charge < -0.3 is 0 Å². The van der Waals surface area contributed by atoms with Gasteiger partial charge in [-0.2, -0.15) is 0 Å². The first-order valence-corrected chi connectivity index (χ1v) is 8.91. The highest BCUT2D eigenvalue weighted by Gasteiger charge is 2.29. The van der Waals surface area contributed by atoms with Crippen LogP contribution in [0.2, 0.25) is 0 Å². The van der Waals surface area contributed by atoms with Gasteiger partial charge in [-0.15, -0.1) is 11.3 Å². The standard InChI is InChI=1S/C12H16N2O4S2/c1-8-2-4-19-11(8)12(16)14-13-10(15)6-9-3-5-20(17,18)7-9/h2,4,9H,3,5-7H2,1H3,(H,13,15)(H,14,16)/t9-/m0/s1. The number of aryl methyl sites for hydroxylation is 1. The lowest BCUT2D eigenvalue weighted by atomic mass is 10.1. The fourth-order valence-electron chi connectivity index (χ4n) is 2.13. The van der Waals surface area contributed by atoms with E-state index < -0.39 is 9.84 Å². The second-order valence-corrected chi connectivity index (χ2v) is 8.05. The van der Waals surface area contributed by atoms with E-state index in [0.29, 0.717) is 11.3 Å². The summed E-state index contributed by atoms with van der Waals surface area (Å²) in [5.74, 6) is -0.677. The zero-order chi connectivity index (χ0) is 14.8. The Morgan fingerprint density at radius 2 is 2.15 bits per heavy atom. The monoisotopic (exact) mass is 316 g/mol. The molecule has 0 radical (unpaired) electrons. The molecule has 1 saturated heterocycles. The molecule has 0 aromatic carbocycles. The molecule has 2 rings (SSSR count). The van der Waals surface area contributed by atoms with E-state index in [1.807, 2.05) is 13.0 Å². The summed E-state index contributed by atoms with van der Waals surface area (Å²) in [4.78, 5) is 24.0. The second kappa shape index (κ2) is 5.92. The van der Waals surface area contributed by atoms with Gasteiger partial charge in [-0.05, 0) is 36.3 Å². The van der Waals surface area contributed by atoms with E-state index in [-0.39, 0.29) is 35.7 Å². The number of thiophene rings is 1. The molecule has 0 bridgehead atoms. The minimum Gasteiger partial charge on any atom is -0.273 e. The third kappa shape index (κ3) is 3.80. The molecule has 1 fully saturated rings. The van der Waals surface area contributed by atoms with Crippen LogP contribution in [-0.2, 0) is 14.6 Å². The van der Waals surface area contributed by atoms with Crippen LogP contribution in [0.15, 0.2) is 11.4 Å². The van der Waals surface area contributed by atoms with Crippen molar-refractivity contribution in [3.8, 4) is 0 Å². The summed E-state index contributed by atoms with van der Waals surface area (Å²) in [6.45, 7) is 1.82. The van der Waals surface area contributed by atoms with Crippen molar-refractivity contribution in [1.82, 2.24) is 10.9 Å². The maximum atomic E-state index is 11.8. The summed E-state index contributed by atoms with van der Waals surface area (Å²) in [5.41, 5.74) is 5.52. The van der Waals surface area contributed by atoms with Crippen molar-refractivity contribution in [1.29, 1.82) is 0 Å². The fourth-order valence-corrected chi connectivity index (χ4v) is 4.82. The van der Waals surface area contributed by atoms with Gasteiger partial charge in [-0.25, -0.2) is 8.42 Å². The van der Waals surface area contributed by atoms with Gasteiger partial charge in [0.05, 0.1) is 16.4 Å². The molecule has 2 N–H and O–H groups in total. The summed E-state index contributed by atoms with van der Waals surface area (Å²) in [5, 5.41) is 1.80. The van der Waals surface area contributed by atoms with Crippen LogP contribution in [0.1, 0.15) is 28.1 Å². The molecular weight excluding hydrogens is 300 g/mol. The molecule has 1 aliphatic rings. The maximum absolute atomic E-state index is 11.8. The Balaban J connectivity index is 1.79. The van der Waals surface area contributed by atoms with Crippen molar-refractivity contribution in [2.75, 3.05) is 11.5 Å². The number of hydrogen-bond acceptors (Lipinski definition) is 5. The molecule has 8 heteroatoms. The van der Waals surface area contributed by atoms with Crippen LogP contribution in [0.3, 0.4) is 0 Å². The largest absolute Gasteiger partial charge is 0.280 e. The fraction of sp³-hybridized carbons (Fsp3) is 0.500. The number of hydrazine groups is 1. The van der Waals surface area contributed by atoms with Gasteiger partial charge in [0.15, 0.2) is 9.84 Å². The molecule has 20 heavy (non-hydrogen) atoms. The Morgan fingerprint density at radius 1 is 1.40 bits per heavy atom. The summed E-state index contributed by atoms with van der Waals surface area (Å²) in [6, 6.07) is 1.82. The highest BCUT2D eigenvalue weighted by molar-refractivity contribution is 7.91. The van der Waals surface area contributed by atoms with Crippen LogP contribution in [0.5, 0.6) is 0 Å². The first kappa shape index (κ1) is 15.0. The first-order valence-electron chi connectivity index (χ1n) is 6.21. The molecule has 2 amide bonds. The van der Waals surface area contributed by atoms with E-state index in [1.54, 1.807) is 5.38 Å². The lowest BCUT2D eigenvalue weighted by Gasteiger charge is -2.09. The molecule has 0 unspecified atom stereocenters. The van der Waals surface area contributed by atoms with Gasteiger partial charge in [-0.3, -0.25) is 20.4 Å². The third-order valence-electron chi connectivity index (χ3n) is 3.18. The van der Waals surface area contributed by atoms with Gasteiger partial charge in [0.1, 0.15) is 0 Å². The molecule has 1 aliphatic heterocycles. The van der Waals surface area contributed by atoms with Gasteiger partial charge in [0.2, 0.25) is 5.91 Å². The normalized spacial score (nSPS) is 20.6.